The zero-order valence-corrected chi connectivity index (χ0v) is 10.9. The normalized spacial score (nSPS) is 34.9. The van der Waals surface area contributed by atoms with Gasteiger partial charge in [0, 0.05) is 26.7 Å². The second-order valence-corrected chi connectivity index (χ2v) is 5.63. The van der Waals surface area contributed by atoms with Crippen LogP contribution >= 0.6 is 0 Å². The zero-order chi connectivity index (χ0) is 12.4. The summed E-state index contributed by atoms with van der Waals surface area (Å²) in [5.41, 5.74) is 0. The molecule has 1 amide bonds. The van der Waals surface area contributed by atoms with Gasteiger partial charge in [0.15, 0.2) is 0 Å². The molecule has 4 nitrogen and oxygen atoms in total. The summed E-state index contributed by atoms with van der Waals surface area (Å²) in [7, 11) is 3.64. The van der Waals surface area contributed by atoms with E-state index in [0.717, 1.165) is 38.8 Å². The lowest BCUT2D eigenvalue weighted by Crippen LogP contribution is -2.45. The first-order valence-corrected chi connectivity index (χ1v) is 6.73. The molecule has 2 aliphatic rings. The van der Waals surface area contributed by atoms with Crippen LogP contribution in [-0.2, 0) is 4.79 Å². The topological polar surface area (TPSA) is 43.8 Å². The van der Waals surface area contributed by atoms with E-state index in [1.54, 1.807) is 4.90 Å². The summed E-state index contributed by atoms with van der Waals surface area (Å²) in [6.07, 6.45) is 5.13. The number of carbonyl (C=O) groups is 1. The van der Waals surface area contributed by atoms with Crippen LogP contribution in [-0.4, -0.2) is 60.1 Å². The van der Waals surface area contributed by atoms with Gasteiger partial charge in [-0.1, -0.05) is 12.8 Å². The molecule has 1 N–H and O–H groups in total. The van der Waals surface area contributed by atoms with Crippen molar-refractivity contribution in [1.82, 2.24) is 9.80 Å². The number of likely N-dealkylation sites (tertiary alicyclic amines) is 1. The Kier molecular flexibility index (Phi) is 4.05. The Morgan fingerprint density at radius 3 is 2.59 bits per heavy atom. The number of carbonyl (C=O) groups excluding carboxylic acids is 1. The fourth-order valence-corrected chi connectivity index (χ4v) is 3.17. The molecule has 3 atom stereocenters. The van der Waals surface area contributed by atoms with Crippen LogP contribution in [0.15, 0.2) is 0 Å². The molecular formula is C13H24N2O2. The summed E-state index contributed by atoms with van der Waals surface area (Å²) in [5.74, 6) is 0.372. The lowest BCUT2D eigenvalue weighted by molar-refractivity contribution is -0.132. The quantitative estimate of drug-likeness (QED) is 0.773. The van der Waals surface area contributed by atoms with Gasteiger partial charge in [-0.2, -0.15) is 0 Å². The lowest BCUT2D eigenvalue weighted by Gasteiger charge is -2.35. The molecule has 3 unspecified atom stereocenters. The van der Waals surface area contributed by atoms with E-state index < -0.39 is 0 Å². The summed E-state index contributed by atoms with van der Waals surface area (Å²) in [6, 6.07) is 0.295. The van der Waals surface area contributed by atoms with Gasteiger partial charge in [0.1, 0.15) is 0 Å². The largest absolute Gasteiger partial charge is 0.391 e. The van der Waals surface area contributed by atoms with Crippen molar-refractivity contribution in [3.63, 3.8) is 0 Å². The molecule has 0 aromatic rings. The van der Waals surface area contributed by atoms with Crippen molar-refractivity contribution in [3.05, 3.63) is 0 Å². The van der Waals surface area contributed by atoms with Crippen molar-refractivity contribution in [1.29, 1.82) is 0 Å². The maximum Gasteiger partial charge on any atom is 0.226 e. The fourth-order valence-electron chi connectivity index (χ4n) is 3.17. The number of aliphatic hydroxyl groups excluding tert-OH is 1. The smallest absolute Gasteiger partial charge is 0.226 e. The summed E-state index contributed by atoms with van der Waals surface area (Å²) >= 11 is 0. The van der Waals surface area contributed by atoms with Crippen molar-refractivity contribution in [2.45, 2.75) is 44.2 Å². The molecule has 1 aliphatic heterocycles. The van der Waals surface area contributed by atoms with E-state index in [1.807, 2.05) is 14.1 Å². The predicted octanol–water partition coefficient (Wildman–Crippen LogP) is 0.700. The highest BCUT2D eigenvalue weighted by Crippen LogP contribution is 2.28. The average molecular weight is 240 g/mol. The number of aliphatic hydroxyl groups is 1. The third-order valence-electron chi connectivity index (χ3n) is 4.17. The molecule has 1 aliphatic carbocycles. The Labute approximate surface area is 104 Å². The highest BCUT2D eigenvalue weighted by Gasteiger charge is 2.36. The van der Waals surface area contributed by atoms with Gasteiger partial charge in [0.2, 0.25) is 5.91 Å². The fraction of sp³-hybridized carbons (Fsp3) is 0.923. The van der Waals surface area contributed by atoms with Crippen LogP contribution in [0.3, 0.4) is 0 Å². The highest BCUT2D eigenvalue weighted by atomic mass is 16.3. The molecule has 0 bridgehead atoms. The van der Waals surface area contributed by atoms with Gasteiger partial charge in [-0.3, -0.25) is 9.69 Å². The van der Waals surface area contributed by atoms with Gasteiger partial charge in [-0.15, -0.1) is 0 Å². The van der Waals surface area contributed by atoms with Gasteiger partial charge < -0.3 is 10.0 Å². The van der Waals surface area contributed by atoms with Gasteiger partial charge in [0.25, 0.3) is 0 Å². The number of rotatable bonds is 2. The van der Waals surface area contributed by atoms with Crippen LogP contribution in [0.4, 0.5) is 0 Å². The standard InChI is InChI=1S/C13H24N2O2/c1-14(2)13(17)10-7-8-15(9-10)11-5-3-4-6-12(11)16/h10-12,16H,3-9H2,1-2H3. The molecule has 0 radical (unpaired) electrons. The molecule has 2 fully saturated rings. The van der Waals surface area contributed by atoms with Crippen LogP contribution in [0, 0.1) is 5.92 Å². The monoisotopic (exact) mass is 240 g/mol. The molecule has 2 rings (SSSR count). The number of hydrogen-bond acceptors (Lipinski definition) is 3. The Hall–Kier alpha value is -0.610. The molecule has 1 saturated carbocycles. The minimum absolute atomic E-state index is 0.138. The number of hydrogen-bond donors (Lipinski definition) is 1. The molecule has 4 heteroatoms. The van der Waals surface area contributed by atoms with E-state index >= 15 is 0 Å². The summed E-state index contributed by atoms with van der Waals surface area (Å²) in [6.45, 7) is 1.80. The molecule has 98 valence electrons. The molecule has 1 heterocycles. The molecule has 0 spiro atoms. The molecular weight excluding hydrogens is 216 g/mol. The van der Waals surface area contributed by atoms with E-state index in [0.29, 0.717) is 6.04 Å². The van der Waals surface area contributed by atoms with Crippen LogP contribution in [0.5, 0.6) is 0 Å². The maximum atomic E-state index is 11.9. The number of nitrogens with zero attached hydrogens (tertiary/aromatic N) is 2. The van der Waals surface area contributed by atoms with Gasteiger partial charge in [-0.05, 0) is 25.8 Å². The van der Waals surface area contributed by atoms with E-state index in [-0.39, 0.29) is 17.9 Å². The predicted molar refractivity (Wildman–Crippen MR) is 66.6 cm³/mol. The number of amides is 1. The van der Waals surface area contributed by atoms with Crippen molar-refractivity contribution >= 4 is 5.91 Å². The van der Waals surface area contributed by atoms with E-state index in [2.05, 4.69) is 4.90 Å². The molecule has 1 saturated heterocycles. The van der Waals surface area contributed by atoms with E-state index in [1.165, 1.54) is 6.42 Å². The van der Waals surface area contributed by atoms with Crippen LogP contribution in [0.1, 0.15) is 32.1 Å². The Morgan fingerprint density at radius 1 is 1.24 bits per heavy atom. The van der Waals surface area contributed by atoms with Gasteiger partial charge >= 0.3 is 0 Å². The van der Waals surface area contributed by atoms with Crippen molar-refractivity contribution in [2.24, 2.45) is 5.92 Å². The lowest BCUT2D eigenvalue weighted by atomic mass is 9.91. The summed E-state index contributed by atoms with van der Waals surface area (Å²) < 4.78 is 0. The Balaban J connectivity index is 1.90. The average Bonchev–Trinajstić information content (AvgIpc) is 2.77. The maximum absolute atomic E-state index is 11.9. The van der Waals surface area contributed by atoms with Gasteiger partial charge in [0.05, 0.1) is 12.0 Å². The zero-order valence-electron chi connectivity index (χ0n) is 10.9. The second-order valence-electron chi connectivity index (χ2n) is 5.63. The third kappa shape index (κ3) is 2.80. The highest BCUT2D eigenvalue weighted by molar-refractivity contribution is 5.78. The van der Waals surface area contributed by atoms with Crippen LogP contribution in [0.25, 0.3) is 0 Å². The molecule has 17 heavy (non-hydrogen) atoms. The first-order valence-electron chi connectivity index (χ1n) is 6.73. The second kappa shape index (κ2) is 5.36. The minimum Gasteiger partial charge on any atom is -0.391 e. The molecule has 0 aromatic heterocycles. The molecule has 0 aromatic carbocycles. The first kappa shape index (κ1) is 12.8. The Bertz CT molecular complexity index is 281. The first-order chi connectivity index (χ1) is 8.09. The van der Waals surface area contributed by atoms with Gasteiger partial charge in [-0.25, -0.2) is 0 Å². The Morgan fingerprint density at radius 2 is 1.94 bits per heavy atom. The summed E-state index contributed by atoms with van der Waals surface area (Å²) in [5, 5.41) is 10.0. The minimum atomic E-state index is -0.183. The SMILES string of the molecule is CN(C)C(=O)C1CCN(C2CCCCC2O)C1. The van der Waals surface area contributed by atoms with Crippen LogP contribution < -0.4 is 0 Å². The van der Waals surface area contributed by atoms with E-state index in [9.17, 15) is 9.90 Å². The summed E-state index contributed by atoms with van der Waals surface area (Å²) in [4.78, 5) is 15.9. The van der Waals surface area contributed by atoms with Crippen molar-refractivity contribution in [2.75, 3.05) is 27.2 Å². The van der Waals surface area contributed by atoms with E-state index in [4.69, 9.17) is 0 Å². The van der Waals surface area contributed by atoms with Crippen molar-refractivity contribution < 1.29 is 9.90 Å². The van der Waals surface area contributed by atoms with Crippen LogP contribution in [0.2, 0.25) is 0 Å². The van der Waals surface area contributed by atoms with Crippen molar-refractivity contribution in [3.8, 4) is 0 Å². The third-order valence-corrected chi connectivity index (χ3v) is 4.17.